The van der Waals surface area contributed by atoms with Crippen LogP contribution >= 0.6 is 11.6 Å². The van der Waals surface area contributed by atoms with Crippen molar-refractivity contribution in [1.29, 1.82) is 0 Å². The van der Waals surface area contributed by atoms with Gasteiger partial charge in [0.2, 0.25) is 0 Å². The molecule has 0 heterocycles. The van der Waals surface area contributed by atoms with Gasteiger partial charge in [-0.05, 0) is 25.7 Å². The molecule has 0 saturated heterocycles. The number of halogens is 1. The van der Waals surface area contributed by atoms with E-state index < -0.39 is 0 Å². The molecule has 0 aromatic rings. The van der Waals surface area contributed by atoms with Crippen LogP contribution in [0.25, 0.3) is 0 Å². The number of rotatable bonds is 9. The predicted octanol–water partition coefficient (Wildman–Crippen LogP) is 2.70. The highest BCUT2D eigenvalue weighted by Crippen LogP contribution is 2.12. The van der Waals surface area contributed by atoms with Crippen LogP contribution in [-0.2, 0) is 9.53 Å². The minimum absolute atomic E-state index is 0.0427. The zero-order chi connectivity index (χ0) is 12.4. The zero-order valence-corrected chi connectivity index (χ0v) is 11.1. The quantitative estimate of drug-likeness (QED) is 0.388. The van der Waals surface area contributed by atoms with E-state index in [1.54, 1.807) is 0 Å². The Morgan fingerprint density at radius 3 is 2.50 bits per heavy atom. The molecular formula is C12H24ClNO2. The van der Waals surface area contributed by atoms with Gasteiger partial charge in [-0.25, -0.2) is 0 Å². The Hall–Kier alpha value is -0.280. The van der Waals surface area contributed by atoms with Gasteiger partial charge in [0, 0.05) is 11.9 Å². The molecule has 2 unspecified atom stereocenters. The van der Waals surface area contributed by atoms with Gasteiger partial charge in [-0.2, -0.15) is 0 Å². The number of methoxy groups -OCH3 is 1. The Balaban J connectivity index is 3.49. The molecule has 0 fully saturated rings. The molecule has 2 N–H and O–H groups in total. The van der Waals surface area contributed by atoms with Crippen molar-refractivity contribution in [3.8, 4) is 0 Å². The molecule has 0 aliphatic rings. The van der Waals surface area contributed by atoms with Crippen molar-refractivity contribution in [3.63, 3.8) is 0 Å². The fourth-order valence-corrected chi connectivity index (χ4v) is 1.79. The molecule has 0 aliphatic carbocycles. The van der Waals surface area contributed by atoms with Gasteiger partial charge in [-0.1, -0.05) is 19.8 Å². The number of esters is 1. The highest BCUT2D eigenvalue weighted by atomic mass is 35.5. The second-order valence-corrected chi connectivity index (χ2v) is 4.68. The Kier molecular flexibility index (Phi) is 9.74. The summed E-state index contributed by atoms with van der Waals surface area (Å²) < 4.78 is 4.66. The number of carbonyl (C=O) groups excluding carboxylic acids is 1. The van der Waals surface area contributed by atoms with Gasteiger partial charge < -0.3 is 10.5 Å². The largest absolute Gasteiger partial charge is 0.469 e. The first-order valence-electron chi connectivity index (χ1n) is 6.01. The maximum absolute atomic E-state index is 11.1. The molecule has 0 radical (unpaired) electrons. The lowest BCUT2D eigenvalue weighted by Crippen LogP contribution is -2.22. The van der Waals surface area contributed by atoms with E-state index in [-0.39, 0.29) is 17.9 Å². The first kappa shape index (κ1) is 15.7. The van der Waals surface area contributed by atoms with E-state index in [2.05, 4.69) is 4.74 Å². The van der Waals surface area contributed by atoms with Gasteiger partial charge in [0.1, 0.15) is 0 Å². The molecule has 96 valence electrons. The Morgan fingerprint density at radius 2 is 1.94 bits per heavy atom. The van der Waals surface area contributed by atoms with Crippen LogP contribution in [0.15, 0.2) is 0 Å². The monoisotopic (exact) mass is 249 g/mol. The van der Waals surface area contributed by atoms with E-state index in [9.17, 15) is 4.79 Å². The van der Waals surface area contributed by atoms with Gasteiger partial charge >= 0.3 is 5.97 Å². The van der Waals surface area contributed by atoms with Crippen LogP contribution in [0.1, 0.15) is 45.4 Å². The lowest BCUT2D eigenvalue weighted by atomic mass is 9.99. The van der Waals surface area contributed by atoms with Crippen LogP contribution in [0.4, 0.5) is 0 Å². The van der Waals surface area contributed by atoms with Crippen LogP contribution in [-0.4, -0.2) is 25.0 Å². The fourth-order valence-electron chi connectivity index (χ4n) is 1.61. The average molecular weight is 250 g/mol. The number of carbonyl (C=O) groups is 1. The van der Waals surface area contributed by atoms with Crippen LogP contribution in [0, 0.1) is 5.92 Å². The Labute approximate surface area is 104 Å². The first-order chi connectivity index (χ1) is 7.61. The number of nitrogens with two attached hydrogens (primary N) is 1. The van der Waals surface area contributed by atoms with Gasteiger partial charge in [-0.15, -0.1) is 11.6 Å². The van der Waals surface area contributed by atoms with Crippen molar-refractivity contribution in [2.45, 2.75) is 51.5 Å². The van der Waals surface area contributed by atoms with Crippen molar-refractivity contribution < 1.29 is 9.53 Å². The highest BCUT2D eigenvalue weighted by molar-refractivity contribution is 6.17. The molecule has 0 amide bonds. The fraction of sp³-hybridized carbons (Fsp3) is 0.917. The number of hydrogen-bond donors (Lipinski definition) is 1. The van der Waals surface area contributed by atoms with Crippen molar-refractivity contribution >= 4 is 17.6 Å². The number of hydrogen-bond acceptors (Lipinski definition) is 3. The van der Waals surface area contributed by atoms with E-state index in [0.717, 1.165) is 44.4 Å². The van der Waals surface area contributed by atoms with E-state index in [1.165, 1.54) is 7.11 Å². The summed E-state index contributed by atoms with van der Waals surface area (Å²) in [5, 5.41) is 0. The minimum atomic E-state index is -0.144. The first-order valence-corrected chi connectivity index (χ1v) is 6.54. The van der Waals surface area contributed by atoms with Crippen LogP contribution < -0.4 is 5.73 Å². The molecule has 16 heavy (non-hydrogen) atoms. The van der Waals surface area contributed by atoms with Crippen LogP contribution in [0.5, 0.6) is 0 Å². The molecule has 4 heteroatoms. The molecule has 0 bridgehead atoms. The molecular weight excluding hydrogens is 226 g/mol. The lowest BCUT2D eigenvalue weighted by molar-refractivity contribution is -0.145. The smallest absolute Gasteiger partial charge is 0.308 e. The van der Waals surface area contributed by atoms with Crippen molar-refractivity contribution in [2.24, 2.45) is 11.7 Å². The van der Waals surface area contributed by atoms with Crippen molar-refractivity contribution in [3.05, 3.63) is 0 Å². The summed E-state index contributed by atoms with van der Waals surface area (Å²) in [6.07, 6.45) is 6.04. The van der Waals surface area contributed by atoms with Gasteiger partial charge in [-0.3, -0.25) is 4.79 Å². The standard InChI is InChI=1S/C12H24ClNO2/c1-10(12(15)16-2)7-8-11(14)6-4-3-5-9-13/h10-11H,3-9,14H2,1-2H3. The molecule has 0 spiro atoms. The number of alkyl halides is 1. The van der Waals surface area contributed by atoms with Gasteiger partial charge in [0.25, 0.3) is 0 Å². The van der Waals surface area contributed by atoms with E-state index >= 15 is 0 Å². The minimum Gasteiger partial charge on any atom is -0.469 e. The maximum Gasteiger partial charge on any atom is 0.308 e. The lowest BCUT2D eigenvalue weighted by Gasteiger charge is -2.14. The molecule has 2 atom stereocenters. The third-order valence-corrected chi connectivity index (χ3v) is 3.05. The summed E-state index contributed by atoms with van der Waals surface area (Å²) in [5.41, 5.74) is 5.96. The highest BCUT2D eigenvalue weighted by Gasteiger charge is 2.14. The average Bonchev–Trinajstić information content (AvgIpc) is 2.30. The van der Waals surface area contributed by atoms with Crippen LogP contribution in [0.2, 0.25) is 0 Å². The van der Waals surface area contributed by atoms with E-state index in [4.69, 9.17) is 17.3 Å². The molecule has 0 rings (SSSR count). The summed E-state index contributed by atoms with van der Waals surface area (Å²) in [6.45, 7) is 1.88. The van der Waals surface area contributed by atoms with E-state index in [0.29, 0.717) is 0 Å². The molecule has 0 saturated carbocycles. The second kappa shape index (κ2) is 9.91. The number of unbranched alkanes of at least 4 members (excludes halogenated alkanes) is 2. The van der Waals surface area contributed by atoms with Crippen molar-refractivity contribution in [1.82, 2.24) is 0 Å². The summed E-state index contributed by atoms with van der Waals surface area (Å²) in [5.74, 6) is 0.544. The SMILES string of the molecule is COC(=O)C(C)CCC(N)CCCCCCl. The molecule has 0 aromatic carbocycles. The van der Waals surface area contributed by atoms with Gasteiger partial charge in [0.15, 0.2) is 0 Å². The third-order valence-electron chi connectivity index (χ3n) is 2.78. The Bertz CT molecular complexity index is 188. The van der Waals surface area contributed by atoms with Gasteiger partial charge in [0.05, 0.1) is 13.0 Å². The normalized spacial score (nSPS) is 14.5. The maximum atomic E-state index is 11.1. The topological polar surface area (TPSA) is 52.3 Å². The Morgan fingerprint density at radius 1 is 1.25 bits per heavy atom. The van der Waals surface area contributed by atoms with Crippen molar-refractivity contribution in [2.75, 3.05) is 13.0 Å². The summed E-state index contributed by atoms with van der Waals surface area (Å²) >= 11 is 5.59. The number of ether oxygens (including phenoxy) is 1. The summed E-state index contributed by atoms with van der Waals surface area (Å²) in [7, 11) is 1.42. The van der Waals surface area contributed by atoms with E-state index in [1.807, 2.05) is 6.92 Å². The summed E-state index contributed by atoms with van der Waals surface area (Å²) in [4.78, 5) is 11.1. The second-order valence-electron chi connectivity index (χ2n) is 4.30. The zero-order valence-electron chi connectivity index (χ0n) is 10.4. The third kappa shape index (κ3) is 7.94. The van der Waals surface area contributed by atoms with Crippen LogP contribution in [0.3, 0.4) is 0 Å². The summed E-state index contributed by atoms with van der Waals surface area (Å²) in [6, 6.07) is 0.197. The molecule has 0 aromatic heterocycles. The molecule has 3 nitrogen and oxygen atoms in total. The molecule has 0 aliphatic heterocycles. The predicted molar refractivity (Wildman–Crippen MR) is 67.6 cm³/mol.